The van der Waals surface area contributed by atoms with Gasteiger partial charge in [-0.15, -0.1) is 35.6 Å². The molecule has 1 unspecified atom stereocenters. The first-order chi connectivity index (χ1) is 4.62. The Kier molecular flexibility index (Phi) is 10.1. The van der Waals surface area contributed by atoms with Crippen LogP contribution in [-0.4, -0.2) is 29.4 Å². The average Bonchev–Trinajstić information content (AvgIpc) is 1.84. The fraction of sp³-hybridized carbons (Fsp3) is 1.00. The first-order valence-electron chi connectivity index (χ1n) is 2.70. The van der Waals surface area contributed by atoms with Gasteiger partial charge in [0, 0.05) is 11.8 Å². The van der Waals surface area contributed by atoms with Crippen LogP contribution >= 0.6 is 43.2 Å². The number of halogens is 3. The van der Waals surface area contributed by atoms with Gasteiger partial charge < -0.3 is 9.42 Å². The van der Waals surface area contributed by atoms with Crippen molar-refractivity contribution in [2.45, 2.75) is 0 Å². The van der Waals surface area contributed by atoms with Gasteiger partial charge in [0.05, 0.1) is 12.8 Å². The Hall–Kier alpha value is 1.02. The molecule has 0 aliphatic carbocycles. The minimum atomic E-state index is -3.43. The molecular weight excluding hydrogens is 233 g/mol. The summed E-state index contributed by atoms with van der Waals surface area (Å²) in [6, 6.07) is 0. The molecule has 0 aromatic rings. The largest absolute Gasteiger partial charge is 0.329 e. The third-order valence-electron chi connectivity index (χ3n) is 0.737. The normalized spacial score (nSPS) is 15.2. The Morgan fingerprint density at radius 2 is 1.91 bits per heavy atom. The Labute approximate surface area is 82.0 Å². The van der Waals surface area contributed by atoms with E-state index in [2.05, 4.69) is 4.52 Å². The van der Waals surface area contributed by atoms with Gasteiger partial charge in [0.2, 0.25) is 0 Å². The van der Waals surface area contributed by atoms with Crippen molar-refractivity contribution in [2.24, 2.45) is 0 Å². The van der Waals surface area contributed by atoms with Crippen LogP contribution in [-0.2, 0) is 9.09 Å². The van der Waals surface area contributed by atoms with Crippen LogP contribution in [0.3, 0.4) is 0 Å². The van der Waals surface area contributed by atoms with Gasteiger partial charge in [0.1, 0.15) is 0 Å². The summed E-state index contributed by atoms with van der Waals surface area (Å²) in [7, 11) is -3.43. The predicted molar refractivity (Wildman–Crippen MR) is 49.3 cm³/mol. The lowest BCUT2D eigenvalue weighted by Crippen LogP contribution is -1.98. The van der Waals surface area contributed by atoms with E-state index in [0.717, 1.165) is 0 Å². The fourth-order valence-corrected chi connectivity index (χ4v) is 1.89. The van der Waals surface area contributed by atoms with Crippen molar-refractivity contribution in [3.8, 4) is 0 Å². The summed E-state index contributed by atoms with van der Waals surface area (Å²) >= 11 is 10.4. The van der Waals surface area contributed by atoms with E-state index >= 15 is 0 Å². The smallest absolute Gasteiger partial charge is 0.324 e. The molecule has 0 spiro atoms. The maximum Gasteiger partial charge on any atom is 0.329 e. The number of hydrogen-bond acceptors (Lipinski definition) is 2. The lowest BCUT2D eigenvalue weighted by atomic mass is 10.9. The molecule has 1 atom stereocenters. The number of alkyl halides is 2. The van der Waals surface area contributed by atoms with E-state index in [-0.39, 0.29) is 36.9 Å². The summed E-state index contributed by atoms with van der Waals surface area (Å²) in [4.78, 5) is 8.84. The van der Waals surface area contributed by atoms with Crippen molar-refractivity contribution < 1.29 is 14.0 Å². The van der Waals surface area contributed by atoms with Crippen LogP contribution in [0.15, 0.2) is 0 Å². The Morgan fingerprint density at radius 3 is 2.27 bits per heavy atom. The molecule has 0 saturated heterocycles. The van der Waals surface area contributed by atoms with Crippen molar-refractivity contribution in [3.05, 3.63) is 0 Å². The van der Waals surface area contributed by atoms with Gasteiger partial charge in [-0.2, -0.15) is 0 Å². The molecule has 0 aromatic carbocycles. The van der Waals surface area contributed by atoms with E-state index in [1.54, 1.807) is 0 Å². The highest BCUT2D eigenvalue weighted by atomic mass is 35.5. The Balaban J connectivity index is 0. The lowest BCUT2D eigenvalue weighted by Gasteiger charge is -2.07. The Morgan fingerprint density at radius 1 is 1.36 bits per heavy atom. The van der Waals surface area contributed by atoms with Crippen LogP contribution in [0.5, 0.6) is 0 Å². The van der Waals surface area contributed by atoms with Crippen molar-refractivity contribution in [1.29, 1.82) is 0 Å². The second-order valence-corrected chi connectivity index (χ2v) is 4.31. The summed E-state index contributed by atoms with van der Waals surface area (Å²) in [6.45, 7) is 0.0895. The molecule has 0 fully saturated rings. The SMILES string of the molecule is Cl.O=P(O)(CCCl)OCCCl. The highest BCUT2D eigenvalue weighted by Gasteiger charge is 2.16. The quantitative estimate of drug-likeness (QED) is 0.594. The minimum absolute atomic E-state index is 0. The average molecular weight is 243 g/mol. The van der Waals surface area contributed by atoms with Crippen LogP contribution in [0.2, 0.25) is 0 Å². The highest BCUT2D eigenvalue weighted by molar-refractivity contribution is 7.52. The van der Waals surface area contributed by atoms with Gasteiger partial charge >= 0.3 is 7.60 Å². The van der Waals surface area contributed by atoms with Crippen LogP contribution in [0.4, 0.5) is 0 Å². The number of rotatable bonds is 5. The molecular formula is C4H10Cl3O3P. The molecule has 0 bridgehead atoms. The van der Waals surface area contributed by atoms with Crippen molar-refractivity contribution in [2.75, 3.05) is 24.5 Å². The molecule has 70 valence electrons. The fourth-order valence-electron chi connectivity index (χ4n) is 0.348. The van der Waals surface area contributed by atoms with Crippen LogP contribution in [0.25, 0.3) is 0 Å². The third-order valence-corrected chi connectivity index (χ3v) is 2.72. The molecule has 0 saturated carbocycles. The monoisotopic (exact) mass is 242 g/mol. The highest BCUT2D eigenvalue weighted by Crippen LogP contribution is 2.41. The standard InChI is InChI=1S/C4H9Cl2O3P.ClH/c5-1-3-9-10(7,8)4-2-6;/h1-4H2,(H,7,8);1H. The molecule has 7 heteroatoms. The Bertz CT molecular complexity index is 132. The maximum absolute atomic E-state index is 10.8. The zero-order chi connectivity index (χ0) is 8.04. The third kappa shape index (κ3) is 8.93. The maximum atomic E-state index is 10.8. The van der Waals surface area contributed by atoms with E-state index in [1.807, 2.05) is 0 Å². The van der Waals surface area contributed by atoms with E-state index in [4.69, 9.17) is 28.1 Å². The topological polar surface area (TPSA) is 46.5 Å². The minimum Gasteiger partial charge on any atom is -0.324 e. The summed E-state index contributed by atoms with van der Waals surface area (Å²) in [5.74, 6) is 0.336. The van der Waals surface area contributed by atoms with Gasteiger partial charge in [-0.3, -0.25) is 4.57 Å². The van der Waals surface area contributed by atoms with Gasteiger partial charge in [-0.1, -0.05) is 0 Å². The number of hydrogen-bond donors (Lipinski definition) is 1. The van der Waals surface area contributed by atoms with Crippen molar-refractivity contribution in [3.63, 3.8) is 0 Å². The molecule has 0 amide bonds. The summed E-state index contributed by atoms with van der Waals surface area (Å²) in [5.41, 5.74) is 0. The van der Waals surface area contributed by atoms with Crippen LogP contribution in [0.1, 0.15) is 0 Å². The van der Waals surface area contributed by atoms with E-state index in [0.29, 0.717) is 0 Å². The predicted octanol–water partition coefficient (Wildman–Crippen LogP) is 2.09. The molecule has 0 rings (SSSR count). The molecule has 3 nitrogen and oxygen atoms in total. The van der Waals surface area contributed by atoms with Crippen LogP contribution < -0.4 is 0 Å². The van der Waals surface area contributed by atoms with Crippen molar-refractivity contribution in [1.82, 2.24) is 0 Å². The zero-order valence-corrected chi connectivity index (χ0v) is 8.93. The van der Waals surface area contributed by atoms with Crippen LogP contribution in [0, 0.1) is 0 Å². The second kappa shape index (κ2) is 7.66. The van der Waals surface area contributed by atoms with E-state index < -0.39 is 7.60 Å². The second-order valence-electron chi connectivity index (χ2n) is 1.57. The van der Waals surface area contributed by atoms with E-state index in [1.165, 1.54) is 0 Å². The molecule has 0 radical (unpaired) electrons. The first-order valence-corrected chi connectivity index (χ1v) is 5.54. The van der Waals surface area contributed by atoms with Gasteiger partial charge in [0.25, 0.3) is 0 Å². The summed E-state index contributed by atoms with van der Waals surface area (Å²) < 4.78 is 15.3. The summed E-state index contributed by atoms with van der Waals surface area (Å²) in [5, 5.41) is 0. The molecule has 0 heterocycles. The van der Waals surface area contributed by atoms with Gasteiger partial charge in [-0.25, -0.2) is 0 Å². The molecule has 1 N–H and O–H groups in total. The molecule has 0 aromatic heterocycles. The van der Waals surface area contributed by atoms with Gasteiger partial charge in [0.15, 0.2) is 0 Å². The first kappa shape index (κ1) is 14.5. The molecule has 0 aliphatic heterocycles. The molecule has 11 heavy (non-hydrogen) atoms. The zero-order valence-electron chi connectivity index (χ0n) is 5.70. The van der Waals surface area contributed by atoms with Gasteiger partial charge in [-0.05, 0) is 0 Å². The molecule has 0 aliphatic rings. The lowest BCUT2D eigenvalue weighted by molar-refractivity contribution is 0.276. The van der Waals surface area contributed by atoms with E-state index in [9.17, 15) is 4.57 Å². The van der Waals surface area contributed by atoms with Crippen molar-refractivity contribution >= 4 is 43.2 Å². The summed E-state index contributed by atoms with van der Waals surface area (Å²) in [6.07, 6.45) is -0.0224.